The van der Waals surface area contributed by atoms with E-state index in [-0.39, 0.29) is 25.3 Å². The van der Waals surface area contributed by atoms with Crippen LogP contribution in [0, 0.1) is 5.92 Å². The Morgan fingerprint density at radius 2 is 1.79 bits per heavy atom. The number of hydrogen-bond donors (Lipinski definition) is 5. The second-order valence-corrected chi connectivity index (χ2v) is 8.76. The molecular formula is C23H34N4O6. The fraction of sp³-hybridized carbons (Fsp3) is 0.565. The van der Waals surface area contributed by atoms with Crippen molar-refractivity contribution in [1.82, 2.24) is 15.5 Å². The van der Waals surface area contributed by atoms with Crippen LogP contribution in [-0.2, 0) is 25.6 Å². The van der Waals surface area contributed by atoms with Crippen molar-refractivity contribution in [2.75, 3.05) is 13.2 Å². The Bertz CT molecular complexity index is 832. The highest BCUT2D eigenvalue weighted by Crippen LogP contribution is 2.19. The van der Waals surface area contributed by atoms with Gasteiger partial charge in [0.1, 0.15) is 18.1 Å². The third kappa shape index (κ3) is 7.54. The van der Waals surface area contributed by atoms with E-state index in [1.165, 1.54) is 4.90 Å². The zero-order valence-corrected chi connectivity index (χ0v) is 19.1. The van der Waals surface area contributed by atoms with Crippen molar-refractivity contribution in [1.29, 1.82) is 0 Å². The zero-order valence-electron chi connectivity index (χ0n) is 19.1. The van der Waals surface area contributed by atoms with E-state index in [0.29, 0.717) is 12.8 Å². The Morgan fingerprint density at radius 3 is 2.36 bits per heavy atom. The third-order valence-corrected chi connectivity index (χ3v) is 5.59. The maximum Gasteiger partial charge on any atom is 0.326 e. The van der Waals surface area contributed by atoms with Gasteiger partial charge in [-0.15, -0.1) is 0 Å². The van der Waals surface area contributed by atoms with Crippen LogP contribution in [0.3, 0.4) is 0 Å². The van der Waals surface area contributed by atoms with Crippen LogP contribution in [0.4, 0.5) is 0 Å². The molecule has 4 atom stereocenters. The van der Waals surface area contributed by atoms with Gasteiger partial charge in [-0.1, -0.05) is 44.2 Å². The highest BCUT2D eigenvalue weighted by Gasteiger charge is 2.39. The maximum absolute atomic E-state index is 13.0. The van der Waals surface area contributed by atoms with Gasteiger partial charge in [-0.05, 0) is 37.2 Å². The van der Waals surface area contributed by atoms with E-state index in [1.54, 1.807) is 0 Å². The van der Waals surface area contributed by atoms with Crippen molar-refractivity contribution in [3.05, 3.63) is 35.9 Å². The average Bonchev–Trinajstić information content (AvgIpc) is 3.26. The number of rotatable bonds is 11. The van der Waals surface area contributed by atoms with Gasteiger partial charge in [-0.3, -0.25) is 14.4 Å². The second-order valence-electron chi connectivity index (χ2n) is 8.76. The summed E-state index contributed by atoms with van der Waals surface area (Å²) in [6.45, 7) is 3.31. The first-order valence-electron chi connectivity index (χ1n) is 11.2. The number of likely N-dealkylation sites (tertiary alicyclic amines) is 1. The summed E-state index contributed by atoms with van der Waals surface area (Å²) in [5.41, 5.74) is 6.82. The monoisotopic (exact) mass is 462 g/mol. The molecule has 1 aliphatic rings. The van der Waals surface area contributed by atoms with Crippen LogP contribution in [0.1, 0.15) is 38.7 Å². The van der Waals surface area contributed by atoms with Crippen LogP contribution in [0.5, 0.6) is 0 Å². The summed E-state index contributed by atoms with van der Waals surface area (Å²) >= 11 is 0. The standard InChI is InChI=1S/C23H34N4O6/c1-14(2)11-17(23(32)33)25-21(30)19-9-6-10-27(19)22(31)18(13-28)26-20(29)16(24)12-15-7-4-3-5-8-15/h3-5,7-8,14,16-19,28H,6,9-13,24H2,1-2H3,(H,25,30)(H,26,29)(H,32,33)/t16-,17-,18-,19-/m0/s1. The molecule has 0 aromatic heterocycles. The number of aliphatic hydroxyl groups is 1. The largest absolute Gasteiger partial charge is 0.480 e. The molecule has 182 valence electrons. The first-order valence-corrected chi connectivity index (χ1v) is 11.2. The molecule has 2 rings (SSSR count). The summed E-state index contributed by atoms with van der Waals surface area (Å²) in [7, 11) is 0. The predicted molar refractivity (Wildman–Crippen MR) is 121 cm³/mol. The number of aliphatic carboxylic acids is 1. The van der Waals surface area contributed by atoms with Crippen LogP contribution in [0.15, 0.2) is 30.3 Å². The molecule has 1 aliphatic heterocycles. The molecule has 10 nitrogen and oxygen atoms in total. The van der Waals surface area contributed by atoms with Crippen LogP contribution in [0.2, 0.25) is 0 Å². The number of carbonyl (C=O) groups is 4. The first kappa shape index (κ1) is 26.3. The van der Waals surface area contributed by atoms with E-state index in [0.717, 1.165) is 5.56 Å². The maximum atomic E-state index is 13.0. The van der Waals surface area contributed by atoms with Gasteiger partial charge in [0.05, 0.1) is 12.6 Å². The normalized spacial score (nSPS) is 18.5. The molecule has 0 bridgehead atoms. The van der Waals surface area contributed by atoms with Gasteiger partial charge in [-0.2, -0.15) is 0 Å². The minimum atomic E-state index is -1.25. The molecule has 0 radical (unpaired) electrons. The van der Waals surface area contributed by atoms with Crippen molar-refractivity contribution in [2.24, 2.45) is 11.7 Å². The fourth-order valence-corrected chi connectivity index (χ4v) is 3.89. The number of amides is 3. The molecule has 1 heterocycles. The van der Waals surface area contributed by atoms with E-state index < -0.39 is 54.5 Å². The van der Waals surface area contributed by atoms with Gasteiger partial charge in [0.25, 0.3) is 0 Å². The summed E-state index contributed by atoms with van der Waals surface area (Å²) in [6, 6.07) is 5.08. The van der Waals surface area contributed by atoms with Crippen LogP contribution >= 0.6 is 0 Å². The summed E-state index contributed by atoms with van der Waals surface area (Å²) in [5.74, 6) is -2.83. The smallest absolute Gasteiger partial charge is 0.326 e. The molecule has 10 heteroatoms. The van der Waals surface area contributed by atoms with Crippen LogP contribution in [-0.4, -0.2) is 76.1 Å². The molecule has 6 N–H and O–H groups in total. The number of carboxylic acid groups (broad SMARTS) is 1. The highest BCUT2D eigenvalue weighted by atomic mass is 16.4. The Balaban J connectivity index is 2.01. The Labute approximate surface area is 193 Å². The molecule has 0 unspecified atom stereocenters. The molecule has 0 spiro atoms. The molecule has 33 heavy (non-hydrogen) atoms. The number of nitrogens with one attached hydrogen (secondary N) is 2. The number of nitrogens with two attached hydrogens (primary N) is 1. The summed E-state index contributed by atoms with van der Waals surface area (Å²) in [5, 5.41) is 24.1. The summed E-state index contributed by atoms with van der Waals surface area (Å²) in [4.78, 5) is 51.1. The van der Waals surface area contributed by atoms with Crippen molar-refractivity contribution in [3.63, 3.8) is 0 Å². The number of benzene rings is 1. The molecule has 1 saturated heterocycles. The fourth-order valence-electron chi connectivity index (χ4n) is 3.89. The van der Waals surface area contributed by atoms with Gasteiger partial charge in [0.15, 0.2) is 0 Å². The van der Waals surface area contributed by atoms with E-state index in [9.17, 15) is 29.4 Å². The molecule has 1 aromatic rings. The molecule has 1 fully saturated rings. The van der Waals surface area contributed by atoms with E-state index in [4.69, 9.17) is 5.73 Å². The average molecular weight is 463 g/mol. The second kappa shape index (κ2) is 12.3. The van der Waals surface area contributed by atoms with E-state index in [1.807, 2.05) is 44.2 Å². The third-order valence-electron chi connectivity index (χ3n) is 5.59. The lowest BCUT2D eigenvalue weighted by molar-refractivity contribution is -0.145. The minimum absolute atomic E-state index is 0.0572. The van der Waals surface area contributed by atoms with Gasteiger partial charge >= 0.3 is 5.97 Å². The Hall–Kier alpha value is -2.98. The Morgan fingerprint density at radius 1 is 1.12 bits per heavy atom. The highest BCUT2D eigenvalue weighted by molar-refractivity contribution is 5.94. The molecule has 1 aromatic carbocycles. The summed E-state index contributed by atoms with van der Waals surface area (Å²) < 4.78 is 0. The SMILES string of the molecule is CC(C)C[C@H](NC(=O)[C@@H]1CCCN1C(=O)[C@H](CO)NC(=O)[C@@H](N)Cc1ccccc1)C(=O)O. The van der Waals surface area contributed by atoms with E-state index >= 15 is 0 Å². The number of nitrogens with zero attached hydrogens (tertiary/aromatic N) is 1. The topological polar surface area (TPSA) is 162 Å². The lowest BCUT2D eigenvalue weighted by Crippen LogP contribution is -2.58. The minimum Gasteiger partial charge on any atom is -0.480 e. The predicted octanol–water partition coefficient (Wildman–Crippen LogP) is -0.360. The molecule has 3 amide bonds. The Kier molecular flexibility index (Phi) is 9.80. The van der Waals surface area contributed by atoms with Crippen molar-refractivity contribution < 1.29 is 29.4 Å². The van der Waals surface area contributed by atoms with Crippen molar-refractivity contribution in [3.8, 4) is 0 Å². The zero-order chi connectivity index (χ0) is 24.5. The van der Waals surface area contributed by atoms with Gasteiger partial charge in [0.2, 0.25) is 17.7 Å². The van der Waals surface area contributed by atoms with Gasteiger partial charge in [-0.25, -0.2) is 4.79 Å². The molecule has 0 aliphatic carbocycles. The molecular weight excluding hydrogens is 428 g/mol. The lowest BCUT2D eigenvalue weighted by Gasteiger charge is -2.29. The quantitative estimate of drug-likeness (QED) is 0.300. The van der Waals surface area contributed by atoms with Gasteiger partial charge in [0, 0.05) is 6.54 Å². The van der Waals surface area contributed by atoms with Crippen LogP contribution < -0.4 is 16.4 Å². The van der Waals surface area contributed by atoms with Gasteiger partial charge < -0.3 is 31.5 Å². The summed E-state index contributed by atoms with van der Waals surface area (Å²) in [6.07, 6.45) is 1.44. The number of aliphatic hydroxyl groups excluding tert-OH is 1. The first-order chi connectivity index (χ1) is 15.6. The van der Waals surface area contributed by atoms with Crippen molar-refractivity contribution in [2.45, 2.75) is 63.7 Å². The number of carboxylic acids is 1. The van der Waals surface area contributed by atoms with Crippen molar-refractivity contribution >= 4 is 23.7 Å². The molecule has 0 saturated carbocycles. The van der Waals surface area contributed by atoms with Crippen LogP contribution in [0.25, 0.3) is 0 Å². The number of hydrogen-bond acceptors (Lipinski definition) is 6. The number of carbonyl (C=O) groups excluding carboxylic acids is 3. The van der Waals surface area contributed by atoms with E-state index in [2.05, 4.69) is 10.6 Å². The lowest BCUT2D eigenvalue weighted by atomic mass is 10.0.